The molecule has 6 heteroatoms. The molecule has 1 aliphatic rings. The van der Waals surface area contributed by atoms with E-state index in [0.29, 0.717) is 30.8 Å². The molecule has 1 heterocycles. The van der Waals surface area contributed by atoms with E-state index < -0.39 is 4.92 Å². The lowest BCUT2D eigenvalue weighted by atomic mass is 10.0. The summed E-state index contributed by atoms with van der Waals surface area (Å²) in [6.45, 7) is 4.79. The fraction of sp³-hybridized carbons (Fsp3) is 0.438. The van der Waals surface area contributed by atoms with E-state index in [-0.39, 0.29) is 11.5 Å². The number of ether oxygens (including phenoxy) is 1. The van der Waals surface area contributed by atoms with Crippen LogP contribution in [0.3, 0.4) is 0 Å². The molecule has 1 aromatic carbocycles. The zero-order chi connectivity index (χ0) is 15.9. The first kappa shape index (κ1) is 16.2. The molecule has 0 radical (unpaired) electrons. The molecular formula is C16H20N2O4. The van der Waals surface area contributed by atoms with Crippen LogP contribution in [-0.4, -0.2) is 41.9 Å². The van der Waals surface area contributed by atoms with Crippen LogP contribution in [0.2, 0.25) is 0 Å². The number of carbonyl (C=O) groups excluding carboxylic acids is 1. The molecule has 0 N–H and O–H groups in total. The van der Waals surface area contributed by atoms with Crippen molar-refractivity contribution < 1.29 is 14.5 Å². The minimum atomic E-state index is -0.443. The Morgan fingerprint density at radius 1 is 1.41 bits per heavy atom. The van der Waals surface area contributed by atoms with Crippen LogP contribution in [0.15, 0.2) is 24.4 Å². The number of carbonyl (C=O) groups is 1. The molecule has 0 aliphatic carbocycles. The molecule has 0 saturated carbocycles. The van der Waals surface area contributed by atoms with E-state index in [1.165, 1.54) is 6.07 Å². The summed E-state index contributed by atoms with van der Waals surface area (Å²) in [6, 6.07) is 4.67. The normalized spacial score (nSPS) is 15.2. The summed E-state index contributed by atoms with van der Waals surface area (Å²) in [6.07, 6.45) is 4.70. The van der Waals surface area contributed by atoms with Gasteiger partial charge in [0.15, 0.2) is 5.78 Å². The van der Waals surface area contributed by atoms with Crippen molar-refractivity contribution in [1.29, 1.82) is 0 Å². The van der Waals surface area contributed by atoms with Crippen molar-refractivity contribution >= 4 is 17.5 Å². The topological polar surface area (TPSA) is 72.7 Å². The van der Waals surface area contributed by atoms with Gasteiger partial charge in [0.1, 0.15) is 0 Å². The Labute approximate surface area is 129 Å². The highest BCUT2D eigenvalue weighted by Crippen LogP contribution is 2.23. The van der Waals surface area contributed by atoms with Crippen molar-refractivity contribution in [2.45, 2.75) is 19.8 Å². The summed E-state index contributed by atoms with van der Waals surface area (Å²) in [5, 5.41) is 11.2. The first-order chi connectivity index (χ1) is 10.6. The van der Waals surface area contributed by atoms with Gasteiger partial charge in [0.2, 0.25) is 0 Å². The lowest BCUT2D eigenvalue weighted by molar-refractivity contribution is -0.385. The van der Waals surface area contributed by atoms with Gasteiger partial charge in [0.05, 0.1) is 23.7 Å². The van der Waals surface area contributed by atoms with Gasteiger partial charge in [-0.1, -0.05) is 13.0 Å². The van der Waals surface area contributed by atoms with E-state index in [9.17, 15) is 14.9 Å². The number of nitro benzene ring substituents is 1. The Morgan fingerprint density at radius 3 is 2.77 bits per heavy atom. The van der Waals surface area contributed by atoms with Gasteiger partial charge in [0, 0.05) is 37.3 Å². The third kappa shape index (κ3) is 4.14. The summed E-state index contributed by atoms with van der Waals surface area (Å²) in [5.41, 5.74) is 0.869. The predicted molar refractivity (Wildman–Crippen MR) is 83.8 cm³/mol. The molecule has 1 fully saturated rings. The van der Waals surface area contributed by atoms with Crippen molar-refractivity contribution in [3.05, 3.63) is 45.6 Å². The van der Waals surface area contributed by atoms with Crippen LogP contribution < -0.4 is 0 Å². The second-order valence-corrected chi connectivity index (χ2v) is 5.17. The van der Waals surface area contributed by atoms with Crippen molar-refractivity contribution in [3.63, 3.8) is 0 Å². The van der Waals surface area contributed by atoms with Gasteiger partial charge >= 0.3 is 0 Å². The summed E-state index contributed by atoms with van der Waals surface area (Å²) >= 11 is 0. The number of rotatable bonds is 6. The molecule has 6 nitrogen and oxygen atoms in total. The highest BCUT2D eigenvalue weighted by atomic mass is 16.6. The number of hydrogen-bond acceptors (Lipinski definition) is 5. The van der Waals surface area contributed by atoms with Gasteiger partial charge in [-0.05, 0) is 18.6 Å². The first-order valence-electron chi connectivity index (χ1n) is 7.43. The maximum absolute atomic E-state index is 11.9. The minimum Gasteiger partial charge on any atom is -0.378 e. The van der Waals surface area contributed by atoms with Gasteiger partial charge in [-0.3, -0.25) is 14.9 Å². The summed E-state index contributed by atoms with van der Waals surface area (Å²) < 4.78 is 5.26. The van der Waals surface area contributed by atoms with Crippen molar-refractivity contribution in [2.24, 2.45) is 0 Å². The smallest absolute Gasteiger partial charge is 0.277 e. The van der Waals surface area contributed by atoms with Crippen LogP contribution in [0.4, 0.5) is 5.69 Å². The standard InChI is InChI=1S/C16H20N2O4/c1-2-3-16(19)14-5-4-13(15(12-14)18(20)21)6-7-17-8-10-22-11-9-17/h4-7,12H,2-3,8-11H2,1H3. The lowest BCUT2D eigenvalue weighted by Crippen LogP contribution is -2.31. The Morgan fingerprint density at radius 2 is 2.14 bits per heavy atom. The van der Waals surface area contributed by atoms with Crippen LogP contribution >= 0.6 is 0 Å². The molecule has 0 bridgehead atoms. The minimum absolute atomic E-state index is 0.0357. The molecule has 1 aromatic rings. The number of benzene rings is 1. The largest absolute Gasteiger partial charge is 0.378 e. The Kier molecular flexibility index (Phi) is 5.66. The van der Waals surface area contributed by atoms with Crippen LogP contribution in [-0.2, 0) is 4.74 Å². The fourth-order valence-electron chi connectivity index (χ4n) is 2.30. The number of Topliss-reactive ketones (excluding diaryl/α,β-unsaturated/α-hetero) is 1. The quantitative estimate of drug-likeness (QED) is 0.459. The Hall–Kier alpha value is -2.21. The lowest BCUT2D eigenvalue weighted by Gasteiger charge is -2.24. The van der Waals surface area contributed by atoms with Crippen molar-refractivity contribution in [3.8, 4) is 0 Å². The molecule has 1 aliphatic heterocycles. The first-order valence-corrected chi connectivity index (χ1v) is 7.43. The van der Waals surface area contributed by atoms with E-state index in [2.05, 4.69) is 4.90 Å². The second-order valence-electron chi connectivity index (χ2n) is 5.17. The van der Waals surface area contributed by atoms with E-state index in [1.807, 2.05) is 13.1 Å². The van der Waals surface area contributed by atoms with Crippen LogP contribution in [0.25, 0.3) is 6.08 Å². The van der Waals surface area contributed by atoms with Crippen LogP contribution in [0.1, 0.15) is 35.7 Å². The third-order valence-electron chi connectivity index (χ3n) is 3.54. The second kappa shape index (κ2) is 7.70. The number of morpholine rings is 1. The van der Waals surface area contributed by atoms with Crippen LogP contribution in [0, 0.1) is 10.1 Å². The molecule has 0 aromatic heterocycles. The predicted octanol–water partition coefficient (Wildman–Crippen LogP) is 2.88. The average Bonchev–Trinajstić information content (AvgIpc) is 2.54. The third-order valence-corrected chi connectivity index (χ3v) is 3.54. The Bertz CT molecular complexity index is 578. The van der Waals surface area contributed by atoms with Gasteiger partial charge in [0.25, 0.3) is 5.69 Å². The van der Waals surface area contributed by atoms with E-state index in [4.69, 9.17) is 4.74 Å². The molecule has 0 spiro atoms. The molecule has 0 atom stereocenters. The zero-order valence-corrected chi connectivity index (χ0v) is 12.7. The van der Waals surface area contributed by atoms with Gasteiger partial charge in [-0.25, -0.2) is 0 Å². The maximum atomic E-state index is 11.9. The number of nitrogens with zero attached hydrogens (tertiary/aromatic N) is 2. The number of ketones is 1. The monoisotopic (exact) mass is 304 g/mol. The SMILES string of the molecule is CCCC(=O)c1ccc(C=CN2CCOCC2)c([N+](=O)[O-])c1. The van der Waals surface area contributed by atoms with Gasteiger partial charge < -0.3 is 9.64 Å². The fourth-order valence-corrected chi connectivity index (χ4v) is 2.30. The van der Waals surface area contributed by atoms with E-state index in [0.717, 1.165) is 19.5 Å². The highest BCUT2D eigenvalue weighted by molar-refractivity contribution is 5.97. The number of nitro groups is 1. The maximum Gasteiger partial charge on any atom is 0.277 e. The molecule has 0 unspecified atom stereocenters. The van der Waals surface area contributed by atoms with Crippen molar-refractivity contribution in [2.75, 3.05) is 26.3 Å². The summed E-state index contributed by atoms with van der Waals surface area (Å²) in [5.74, 6) is -0.0608. The Balaban J connectivity index is 2.21. The van der Waals surface area contributed by atoms with Gasteiger partial charge in [-0.15, -0.1) is 0 Å². The van der Waals surface area contributed by atoms with E-state index >= 15 is 0 Å². The molecule has 118 valence electrons. The molecule has 1 saturated heterocycles. The number of hydrogen-bond donors (Lipinski definition) is 0. The molecule has 0 amide bonds. The summed E-state index contributed by atoms with van der Waals surface area (Å²) in [7, 11) is 0. The van der Waals surface area contributed by atoms with Crippen LogP contribution in [0.5, 0.6) is 0 Å². The average molecular weight is 304 g/mol. The molecule has 2 rings (SSSR count). The molecule has 22 heavy (non-hydrogen) atoms. The molecular weight excluding hydrogens is 284 g/mol. The summed E-state index contributed by atoms with van der Waals surface area (Å²) in [4.78, 5) is 24.7. The highest BCUT2D eigenvalue weighted by Gasteiger charge is 2.16. The van der Waals surface area contributed by atoms with Gasteiger partial charge in [-0.2, -0.15) is 0 Å². The van der Waals surface area contributed by atoms with E-state index in [1.54, 1.807) is 18.2 Å². The van der Waals surface area contributed by atoms with Crippen molar-refractivity contribution in [1.82, 2.24) is 4.90 Å². The zero-order valence-electron chi connectivity index (χ0n) is 12.7.